The second-order valence-corrected chi connectivity index (χ2v) is 11.0. The van der Waals surface area contributed by atoms with Gasteiger partial charge >= 0.3 is 0 Å². The van der Waals surface area contributed by atoms with Crippen molar-refractivity contribution in [3.05, 3.63) is 42.2 Å². The fourth-order valence-corrected chi connectivity index (χ4v) is 7.59. The number of benzene rings is 1. The first kappa shape index (κ1) is 20.2. The Labute approximate surface area is 191 Å². The summed E-state index contributed by atoms with van der Waals surface area (Å²) in [6.07, 6.45) is 9.05. The number of aromatic nitrogens is 2. The molecule has 1 aromatic heterocycles. The van der Waals surface area contributed by atoms with Crippen molar-refractivity contribution in [2.45, 2.75) is 51.9 Å². The molecule has 0 unspecified atom stereocenters. The molecule has 4 saturated carbocycles. The van der Waals surface area contributed by atoms with Crippen LogP contribution >= 0.6 is 0 Å². The van der Waals surface area contributed by atoms with Crippen LogP contribution in [0.5, 0.6) is 0 Å². The van der Waals surface area contributed by atoms with Crippen LogP contribution in [0.15, 0.2) is 36.4 Å². The zero-order valence-corrected chi connectivity index (χ0v) is 19.2. The number of carbonyl (C=O) groups excluding carboxylic acids is 1. The van der Waals surface area contributed by atoms with Crippen molar-refractivity contribution < 1.29 is 4.79 Å². The van der Waals surface area contributed by atoms with Crippen molar-refractivity contribution >= 4 is 11.7 Å². The number of carbonyl (C=O) groups is 1. The molecule has 5 aliphatic rings. The summed E-state index contributed by atoms with van der Waals surface area (Å²) in [7, 11) is 0. The highest BCUT2D eigenvalue weighted by molar-refractivity contribution is 5.77. The highest BCUT2D eigenvalue weighted by Gasteiger charge is 2.51. The van der Waals surface area contributed by atoms with Gasteiger partial charge in [0.1, 0.15) is 11.6 Å². The molecule has 168 valence electrons. The standard InChI is InChI=1S/C27H34N4O/c1-19-28-24(23-5-3-2-4-6-23)14-25(29-19)30-7-9-31(10-8-30)26(32)18-27-15-20-11-21(16-27)13-22(12-20)17-27/h2-6,14,20-22H,7-13,15-18H2,1H3. The van der Waals surface area contributed by atoms with Crippen molar-refractivity contribution in [3.8, 4) is 11.3 Å². The lowest BCUT2D eigenvalue weighted by Gasteiger charge is -2.57. The first-order valence-electron chi connectivity index (χ1n) is 12.5. The molecular formula is C27H34N4O. The molecule has 0 atom stereocenters. The van der Waals surface area contributed by atoms with Crippen LogP contribution in [0.2, 0.25) is 0 Å². The van der Waals surface area contributed by atoms with Gasteiger partial charge in [-0.1, -0.05) is 30.3 Å². The molecule has 4 bridgehead atoms. The van der Waals surface area contributed by atoms with E-state index in [1.165, 1.54) is 38.5 Å². The maximum atomic E-state index is 13.3. The third-order valence-corrected chi connectivity index (χ3v) is 8.54. The lowest BCUT2D eigenvalue weighted by atomic mass is 9.49. The Bertz CT molecular complexity index is 961. The normalized spacial score (nSPS) is 31.2. The Morgan fingerprint density at radius 3 is 2.19 bits per heavy atom. The number of piperazine rings is 1. The van der Waals surface area contributed by atoms with Crippen molar-refractivity contribution in [1.29, 1.82) is 0 Å². The Kier molecular flexibility index (Phi) is 4.96. The number of nitrogens with zero attached hydrogens (tertiary/aromatic N) is 4. The van der Waals surface area contributed by atoms with Gasteiger partial charge in [0.25, 0.3) is 0 Å². The summed E-state index contributed by atoms with van der Waals surface area (Å²) in [6, 6.07) is 12.4. The van der Waals surface area contributed by atoms with Gasteiger partial charge < -0.3 is 9.80 Å². The van der Waals surface area contributed by atoms with Gasteiger partial charge in [0, 0.05) is 44.2 Å². The fraction of sp³-hybridized carbons (Fsp3) is 0.593. The number of aryl methyl sites for hydroxylation is 1. The van der Waals surface area contributed by atoms with Gasteiger partial charge in [-0.2, -0.15) is 0 Å². The van der Waals surface area contributed by atoms with E-state index in [4.69, 9.17) is 4.98 Å². The monoisotopic (exact) mass is 430 g/mol. The molecule has 0 N–H and O–H groups in total. The van der Waals surface area contributed by atoms with E-state index in [9.17, 15) is 4.79 Å². The average molecular weight is 431 g/mol. The number of hydrogen-bond donors (Lipinski definition) is 0. The number of rotatable bonds is 4. The molecular weight excluding hydrogens is 396 g/mol. The van der Waals surface area contributed by atoms with E-state index in [1.807, 2.05) is 25.1 Å². The highest BCUT2D eigenvalue weighted by Crippen LogP contribution is 2.61. The van der Waals surface area contributed by atoms with Crippen LogP contribution in [0.1, 0.15) is 50.8 Å². The summed E-state index contributed by atoms with van der Waals surface area (Å²) in [4.78, 5) is 27.1. The Balaban J connectivity index is 1.11. The predicted octanol–water partition coefficient (Wildman–Crippen LogP) is 4.71. The van der Waals surface area contributed by atoms with Crippen LogP contribution in [0.25, 0.3) is 11.3 Å². The molecule has 0 spiro atoms. The van der Waals surface area contributed by atoms with Gasteiger partial charge in [0.2, 0.25) is 5.91 Å². The molecule has 2 heterocycles. The number of hydrogen-bond acceptors (Lipinski definition) is 4. The summed E-state index contributed by atoms with van der Waals surface area (Å²) in [5, 5.41) is 0. The van der Waals surface area contributed by atoms with Crippen molar-refractivity contribution in [2.24, 2.45) is 23.2 Å². The zero-order valence-electron chi connectivity index (χ0n) is 19.2. The third kappa shape index (κ3) is 3.80. The summed E-state index contributed by atoms with van der Waals surface area (Å²) >= 11 is 0. The molecule has 7 rings (SSSR count). The lowest BCUT2D eigenvalue weighted by Crippen LogP contribution is -2.52. The predicted molar refractivity (Wildman–Crippen MR) is 126 cm³/mol. The van der Waals surface area contributed by atoms with Gasteiger partial charge in [-0.25, -0.2) is 9.97 Å². The van der Waals surface area contributed by atoms with Crippen LogP contribution in [0, 0.1) is 30.1 Å². The highest BCUT2D eigenvalue weighted by atomic mass is 16.2. The van der Waals surface area contributed by atoms with Crippen LogP contribution in [-0.2, 0) is 4.79 Å². The topological polar surface area (TPSA) is 49.3 Å². The summed E-state index contributed by atoms with van der Waals surface area (Å²) < 4.78 is 0. The SMILES string of the molecule is Cc1nc(-c2ccccc2)cc(N2CCN(C(=O)CC34CC5CC(CC(C5)C3)C4)CC2)n1. The van der Waals surface area contributed by atoms with E-state index < -0.39 is 0 Å². The maximum Gasteiger partial charge on any atom is 0.223 e. The summed E-state index contributed by atoms with van der Waals surface area (Å²) in [5.41, 5.74) is 2.41. The molecule has 1 amide bonds. The Hall–Kier alpha value is -2.43. The van der Waals surface area contributed by atoms with Crippen LogP contribution in [-0.4, -0.2) is 47.0 Å². The van der Waals surface area contributed by atoms with Crippen LogP contribution in [0.4, 0.5) is 5.82 Å². The van der Waals surface area contributed by atoms with E-state index in [2.05, 4.69) is 33.0 Å². The second kappa shape index (κ2) is 7.86. The first-order chi connectivity index (χ1) is 15.6. The van der Waals surface area contributed by atoms with Crippen LogP contribution in [0.3, 0.4) is 0 Å². The van der Waals surface area contributed by atoms with Gasteiger partial charge in [-0.05, 0) is 68.6 Å². The Morgan fingerprint density at radius 1 is 0.938 bits per heavy atom. The average Bonchev–Trinajstić information content (AvgIpc) is 2.78. The molecule has 1 aromatic carbocycles. The Morgan fingerprint density at radius 2 is 1.56 bits per heavy atom. The van der Waals surface area contributed by atoms with Crippen molar-refractivity contribution in [2.75, 3.05) is 31.1 Å². The molecule has 0 radical (unpaired) electrons. The third-order valence-electron chi connectivity index (χ3n) is 8.54. The molecule has 2 aromatic rings. The maximum absolute atomic E-state index is 13.3. The largest absolute Gasteiger partial charge is 0.353 e. The van der Waals surface area contributed by atoms with E-state index in [1.54, 1.807) is 0 Å². The molecule has 5 fully saturated rings. The van der Waals surface area contributed by atoms with E-state index >= 15 is 0 Å². The van der Waals surface area contributed by atoms with E-state index in [0.29, 0.717) is 11.3 Å². The fourth-order valence-electron chi connectivity index (χ4n) is 7.59. The van der Waals surface area contributed by atoms with E-state index in [-0.39, 0.29) is 0 Å². The first-order valence-corrected chi connectivity index (χ1v) is 12.5. The molecule has 4 aliphatic carbocycles. The molecule has 5 heteroatoms. The van der Waals surface area contributed by atoms with Gasteiger partial charge in [0.05, 0.1) is 5.69 Å². The summed E-state index contributed by atoms with van der Waals surface area (Å²) in [6.45, 7) is 5.25. The van der Waals surface area contributed by atoms with Crippen molar-refractivity contribution in [3.63, 3.8) is 0 Å². The minimum Gasteiger partial charge on any atom is -0.353 e. The van der Waals surface area contributed by atoms with Crippen LogP contribution < -0.4 is 4.90 Å². The smallest absolute Gasteiger partial charge is 0.223 e. The van der Waals surface area contributed by atoms with Gasteiger partial charge in [-0.3, -0.25) is 4.79 Å². The molecule has 32 heavy (non-hydrogen) atoms. The minimum atomic E-state index is 0.331. The molecule has 5 nitrogen and oxygen atoms in total. The summed E-state index contributed by atoms with van der Waals surface area (Å²) in [5.74, 6) is 4.89. The zero-order chi connectivity index (χ0) is 21.7. The number of amides is 1. The minimum absolute atomic E-state index is 0.331. The molecule has 1 saturated heterocycles. The second-order valence-electron chi connectivity index (χ2n) is 11.0. The lowest BCUT2D eigenvalue weighted by molar-refractivity contribution is -0.139. The molecule has 1 aliphatic heterocycles. The number of anilines is 1. The van der Waals surface area contributed by atoms with Gasteiger partial charge in [-0.15, -0.1) is 0 Å². The van der Waals surface area contributed by atoms with E-state index in [0.717, 1.165) is 73.3 Å². The quantitative estimate of drug-likeness (QED) is 0.705. The van der Waals surface area contributed by atoms with Crippen molar-refractivity contribution in [1.82, 2.24) is 14.9 Å². The van der Waals surface area contributed by atoms with Gasteiger partial charge in [0.15, 0.2) is 0 Å².